The molecule has 1 atom stereocenters. The van der Waals surface area contributed by atoms with Gasteiger partial charge in [0.1, 0.15) is 30.7 Å². The van der Waals surface area contributed by atoms with Gasteiger partial charge in [0.25, 0.3) is 5.91 Å². The SMILES string of the molecule is Cc1cc(Cl)ccc1OCC(=O)NC[C@@H](c1ccc(F)cc1)[NH+]1CCOCC1. The molecule has 1 fully saturated rings. The molecule has 3 rings (SSSR count). The van der Waals surface area contributed by atoms with Gasteiger partial charge in [0.2, 0.25) is 0 Å². The molecule has 0 aliphatic carbocycles. The normalized spacial score (nSPS) is 15.8. The van der Waals surface area contributed by atoms with Crippen molar-refractivity contribution < 1.29 is 23.6 Å². The van der Waals surface area contributed by atoms with Gasteiger partial charge in [0, 0.05) is 10.6 Å². The number of halogens is 2. The maximum Gasteiger partial charge on any atom is 0.258 e. The molecule has 0 bridgehead atoms. The van der Waals surface area contributed by atoms with Crippen LogP contribution in [-0.2, 0) is 9.53 Å². The van der Waals surface area contributed by atoms with E-state index in [0.29, 0.717) is 30.5 Å². The number of hydrogen-bond acceptors (Lipinski definition) is 3. The van der Waals surface area contributed by atoms with Crippen molar-refractivity contribution in [1.29, 1.82) is 0 Å². The predicted octanol–water partition coefficient (Wildman–Crippen LogP) is 1.94. The average molecular weight is 408 g/mol. The van der Waals surface area contributed by atoms with Crippen LogP contribution in [0.25, 0.3) is 0 Å². The lowest BCUT2D eigenvalue weighted by molar-refractivity contribution is -0.937. The highest BCUT2D eigenvalue weighted by Gasteiger charge is 2.27. The lowest BCUT2D eigenvalue weighted by atomic mass is 10.0. The summed E-state index contributed by atoms with van der Waals surface area (Å²) < 4.78 is 24.3. The number of carbonyl (C=O) groups is 1. The molecular formula is C21H25ClFN2O3+. The van der Waals surface area contributed by atoms with Gasteiger partial charge in [-0.05, 0) is 42.8 Å². The van der Waals surface area contributed by atoms with Crippen molar-refractivity contribution in [2.45, 2.75) is 13.0 Å². The monoisotopic (exact) mass is 407 g/mol. The molecule has 0 aromatic heterocycles. The number of quaternary nitrogens is 1. The molecule has 0 unspecified atom stereocenters. The molecule has 0 radical (unpaired) electrons. The number of rotatable bonds is 7. The second-order valence-electron chi connectivity index (χ2n) is 6.88. The van der Waals surface area contributed by atoms with Gasteiger partial charge in [-0.15, -0.1) is 0 Å². The highest BCUT2D eigenvalue weighted by atomic mass is 35.5. The van der Waals surface area contributed by atoms with Crippen molar-refractivity contribution in [2.24, 2.45) is 0 Å². The molecule has 1 saturated heterocycles. The van der Waals surface area contributed by atoms with Gasteiger partial charge >= 0.3 is 0 Å². The molecule has 1 aliphatic heterocycles. The average Bonchev–Trinajstić information content (AvgIpc) is 2.69. The summed E-state index contributed by atoms with van der Waals surface area (Å²) in [5.74, 6) is 0.165. The molecule has 1 aliphatic rings. The van der Waals surface area contributed by atoms with Gasteiger partial charge in [-0.3, -0.25) is 4.79 Å². The Bertz CT molecular complexity index is 795. The fraction of sp³-hybridized carbons (Fsp3) is 0.381. The summed E-state index contributed by atoms with van der Waals surface area (Å²) in [6, 6.07) is 11.8. The zero-order valence-electron chi connectivity index (χ0n) is 15.8. The molecule has 2 N–H and O–H groups in total. The Hall–Kier alpha value is -2.15. The number of aryl methyl sites for hydroxylation is 1. The van der Waals surface area contributed by atoms with E-state index >= 15 is 0 Å². The zero-order valence-corrected chi connectivity index (χ0v) is 16.6. The minimum Gasteiger partial charge on any atom is -0.484 e. The molecule has 28 heavy (non-hydrogen) atoms. The lowest BCUT2D eigenvalue weighted by Gasteiger charge is -2.32. The fourth-order valence-corrected chi connectivity index (χ4v) is 3.59. The molecular weight excluding hydrogens is 383 g/mol. The van der Waals surface area contributed by atoms with E-state index in [1.807, 2.05) is 6.92 Å². The van der Waals surface area contributed by atoms with Crippen LogP contribution >= 0.6 is 11.6 Å². The van der Waals surface area contributed by atoms with Crippen molar-refractivity contribution in [2.75, 3.05) is 39.5 Å². The topological polar surface area (TPSA) is 52.0 Å². The standard InChI is InChI=1S/C21H24ClFN2O3/c1-15-12-17(22)4-7-20(15)28-14-21(26)24-13-19(25-8-10-27-11-9-25)16-2-5-18(23)6-3-16/h2-7,12,19H,8-11,13-14H2,1H3,(H,24,26)/p+1/t19-/m0/s1. The van der Waals surface area contributed by atoms with Crippen LogP contribution < -0.4 is 15.0 Å². The predicted molar refractivity (Wildman–Crippen MR) is 105 cm³/mol. The van der Waals surface area contributed by atoms with E-state index < -0.39 is 0 Å². The first-order valence-corrected chi connectivity index (χ1v) is 9.74. The maximum absolute atomic E-state index is 13.3. The van der Waals surface area contributed by atoms with E-state index in [0.717, 1.165) is 24.2 Å². The number of nitrogens with one attached hydrogen (secondary N) is 2. The van der Waals surface area contributed by atoms with Gasteiger partial charge in [0.15, 0.2) is 6.61 Å². The van der Waals surface area contributed by atoms with E-state index in [2.05, 4.69) is 5.32 Å². The quantitative estimate of drug-likeness (QED) is 0.737. The summed E-state index contributed by atoms with van der Waals surface area (Å²) >= 11 is 5.94. The lowest BCUT2D eigenvalue weighted by Crippen LogP contribution is -3.15. The molecule has 7 heteroatoms. The Labute approximate surface area is 169 Å². The van der Waals surface area contributed by atoms with Crippen LogP contribution in [0, 0.1) is 12.7 Å². The minimum atomic E-state index is -0.268. The Morgan fingerprint density at radius 2 is 1.96 bits per heavy atom. The number of benzene rings is 2. The van der Waals surface area contributed by atoms with Crippen molar-refractivity contribution >= 4 is 17.5 Å². The van der Waals surface area contributed by atoms with E-state index in [-0.39, 0.29) is 24.4 Å². The molecule has 0 spiro atoms. The maximum atomic E-state index is 13.3. The Balaban J connectivity index is 1.59. The number of carbonyl (C=O) groups excluding carboxylic acids is 1. The highest BCUT2D eigenvalue weighted by molar-refractivity contribution is 6.30. The van der Waals surface area contributed by atoms with Crippen LogP contribution in [-0.4, -0.2) is 45.4 Å². The van der Waals surface area contributed by atoms with Gasteiger partial charge in [-0.1, -0.05) is 23.7 Å². The third kappa shape index (κ3) is 5.67. The van der Waals surface area contributed by atoms with E-state index in [4.69, 9.17) is 21.1 Å². The summed E-state index contributed by atoms with van der Waals surface area (Å²) in [5.41, 5.74) is 1.87. The van der Waals surface area contributed by atoms with Crippen LogP contribution in [0.5, 0.6) is 5.75 Å². The van der Waals surface area contributed by atoms with Gasteiger partial charge in [-0.2, -0.15) is 0 Å². The van der Waals surface area contributed by atoms with E-state index in [1.54, 1.807) is 30.3 Å². The van der Waals surface area contributed by atoms with Crippen LogP contribution in [0.3, 0.4) is 0 Å². The largest absolute Gasteiger partial charge is 0.484 e. The number of hydrogen-bond donors (Lipinski definition) is 2. The van der Waals surface area contributed by atoms with Crippen molar-refractivity contribution in [3.8, 4) is 5.75 Å². The summed E-state index contributed by atoms with van der Waals surface area (Å²) in [7, 11) is 0. The first kappa shape index (κ1) is 20.6. The summed E-state index contributed by atoms with van der Waals surface area (Å²) in [6.45, 7) is 5.31. The van der Waals surface area contributed by atoms with Crippen molar-refractivity contribution in [3.63, 3.8) is 0 Å². The summed E-state index contributed by atoms with van der Waals surface area (Å²) in [4.78, 5) is 13.6. The molecule has 5 nitrogen and oxygen atoms in total. The number of ether oxygens (including phenoxy) is 2. The smallest absolute Gasteiger partial charge is 0.258 e. The molecule has 2 aromatic carbocycles. The Kier molecular flexibility index (Phi) is 7.25. The molecule has 2 aromatic rings. The Morgan fingerprint density at radius 3 is 2.64 bits per heavy atom. The van der Waals surface area contributed by atoms with Crippen molar-refractivity contribution in [3.05, 3.63) is 64.4 Å². The zero-order chi connectivity index (χ0) is 19.9. The first-order chi connectivity index (χ1) is 13.5. The molecule has 0 saturated carbocycles. The first-order valence-electron chi connectivity index (χ1n) is 9.36. The van der Waals surface area contributed by atoms with Gasteiger partial charge < -0.3 is 19.7 Å². The van der Waals surface area contributed by atoms with Crippen LogP contribution in [0.1, 0.15) is 17.2 Å². The van der Waals surface area contributed by atoms with Crippen LogP contribution in [0.2, 0.25) is 5.02 Å². The summed E-state index contributed by atoms with van der Waals surface area (Å²) in [5, 5.41) is 3.58. The van der Waals surface area contributed by atoms with Gasteiger partial charge in [-0.25, -0.2) is 4.39 Å². The van der Waals surface area contributed by atoms with Crippen molar-refractivity contribution in [1.82, 2.24) is 5.32 Å². The minimum absolute atomic E-state index is 0.0331. The number of amides is 1. The number of morpholine rings is 1. The van der Waals surface area contributed by atoms with Crippen LogP contribution in [0.15, 0.2) is 42.5 Å². The second-order valence-corrected chi connectivity index (χ2v) is 7.31. The third-order valence-electron chi connectivity index (χ3n) is 4.90. The molecule has 1 amide bonds. The molecule has 150 valence electrons. The van der Waals surface area contributed by atoms with E-state index in [1.165, 1.54) is 17.0 Å². The summed E-state index contributed by atoms with van der Waals surface area (Å²) in [6.07, 6.45) is 0. The van der Waals surface area contributed by atoms with Gasteiger partial charge in [0.05, 0.1) is 19.8 Å². The third-order valence-corrected chi connectivity index (χ3v) is 5.13. The second kappa shape index (κ2) is 9.87. The van der Waals surface area contributed by atoms with Crippen LogP contribution in [0.4, 0.5) is 4.39 Å². The van der Waals surface area contributed by atoms with E-state index in [9.17, 15) is 9.18 Å². The molecule has 1 heterocycles. The Morgan fingerprint density at radius 1 is 1.25 bits per heavy atom. The highest BCUT2D eigenvalue weighted by Crippen LogP contribution is 2.21. The fourth-order valence-electron chi connectivity index (χ4n) is 3.36.